The molecule has 0 spiro atoms. The van der Waals surface area contributed by atoms with Crippen LogP contribution in [-0.2, 0) is 4.79 Å². The Hall–Kier alpha value is -1.55. The topological polar surface area (TPSA) is 50.4 Å². The van der Waals surface area contributed by atoms with Gasteiger partial charge in [0.1, 0.15) is 5.75 Å². The fraction of sp³-hybridized carbons (Fsp3) is 0.500. The standard InChI is InChI=1S/C14H22N2O2/c1-4-15-9-8-14(17)16-11(2)12-6-5-7-13(10-12)18-3/h5-7,10-11,15H,4,8-9H2,1-3H3,(H,16,17). The van der Waals surface area contributed by atoms with Crippen LogP contribution in [0.3, 0.4) is 0 Å². The van der Waals surface area contributed by atoms with E-state index in [0.29, 0.717) is 13.0 Å². The predicted octanol–water partition coefficient (Wildman–Crippen LogP) is 1.87. The summed E-state index contributed by atoms with van der Waals surface area (Å²) in [6, 6.07) is 7.74. The molecule has 0 aliphatic carbocycles. The van der Waals surface area contributed by atoms with Crippen molar-refractivity contribution in [3.63, 3.8) is 0 Å². The van der Waals surface area contributed by atoms with Gasteiger partial charge in [-0.2, -0.15) is 0 Å². The van der Waals surface area contributed by atoms with Gasteiger partial charge < -0.3 is 15.4 Å². The highest BCUT2D eigenvalue weighted by atomic mass is 16.5. The maximum Gasteiger partial charge on any atom is 0.221 e. The summed E-state index contributed by atoms with van der Waals surface area (Å²) in [7, 11) is 1.64. The smallest absolute Gasteiger partial charge is 0.221 e. The van der Waals surface area contributed by atoms with E-state index >= 15 is 0 Å². The molecule has 0 radical (unpaired) electrons. The van der Waals surface area contributed by atoms with Gasteiger partial charge >= 0.3 is 0 Å². The lowest BCUT2D eigenvalue weighted by Crippen LogP contribution is -2.29. The molecule has 4 heteroatoms. The molecule has 0 aliphatic rings. The number of hydrogen-bond acceptors (Lipinski definition) is 3. The van der Waals surface area contributed by atoms with Crippen LogP contribution in [0.2, 0.25) is 0 Å². The Kier molecular flexibility index (Phi) is 6.22. The highest BCUT2D eigenvalue weighted by Crippen LogP contribution is 2.18. The van der Waals surface area contributed by atoms with Gasteiger partial charge in [-0.3, -0.25) is 4.79 Å². The largest absolute Gasteiger partial charge is 0.497 e. The van der Waals surface area contributed by atoms with Crippen molar-refractivity contribution in [2.24, 2.45) is 0 Å². The summed E-state index contributed by atoms with van der Waals surface area (Å²) >= 11 is 0. The first kappa shape index (κ1) is 14.5. The summed E-state index contributed by atoms with van der Waals surface area (Å²) in [5.41, 5.74) is 1.05. The molecule has 0 saturated carbocycles. The molecule has 1 unspecified atom stereocenters. The van der Waals surface area contributed by atoms with E-state index in [4.69, 9.17) is 4.74 Å². The SMILES string of the molecule is CCNCCC(=O)NC(C)c1cccc(OC)c1. The van der Waals surface area contributed by atoms with E-state index in [1.807, 2.05) is 38.1 Å². The zero-order valence-electron chi connectivity index (χ0n) is 11.3. The van der Waals surface area contributed by atoms with Gasteiger partial charge in [-0.05, 0) is 31.2 Å². The molecule has 0 aliphatic heterocycles. The third-order valence-electron chi connectivity index (χ3n) is 2.75. The summed E-state index contributed by atoms with van der Waals surface area (Å²) in [4.78, 5) is 11.7. The van der Waals surface area contributed by atoms with Crippen LogP contribution in [-0.4, -0.2) is 26.1 Å². The summed E-state index contributed by atoms with van der Waals surface area (Å²) < 4.78 is 5.17. The normalized spacial score (nSPS) is 11.9. The second-order valence-electron chi connectivity index (χ2n) is 4.17. The van der Waals surface area contributed by atoms with E-state index in [-0.39, 0.29) is 11.9 Å². The minimum absolute atomic E-state index is 0.00535. The van der Waals surface area contributed by atoms with Crippen LogP contribution in [0.1, 0.15) is 31.9 Å². The molecule has 0 heterocycles. The number of nitrogens with one attached hydrogen (secondary N) is 2. The van der Waals surface area contributed by atoms with Crippen LogP contribution < -0.4 is 15.4 Å². The second-order valence-corrected chi connectivity index (χ2v) is 4.17. The average Bonchev–Trinajstić information content (AvgIpc) is 2.39. The lowest BCUT2D eigenvalue weighted by Gasteiger charge is -2.15. The maximum absolute atomic E-state index is 11.7. The number of benzene rings is 1. The summed E-state index contributed by atoms with van der Waals surface area (Å²) in [5, 5.41) is 6.10. The minimum Gasteiger partial charge on any atom is -0.497 e. The van der Waals surface area contributed by atoms with Crippen LogP contribution in [0.15, 0.2) is 24.3 Å². The Balaban J connectivity index is 2.48. The van der Waals surface area contributed by atoms with E-state index < -0.39 is 0 Å². The number of ether oxygens (including phenoxy) is 1. The Morgan fingerprint density at radius 2 is 2.22 bits per heavy atom. The number of carbonyl (C=O) groups excluding carboxylic acids is 1. The molecule has 1 rings (SSSR count). The first-order chi connectivity index (χ1) is 8.67. The number of amides is 1. The molecule has 2 N–H and O–H groups in total. The van der Waals surface area contributed by atoms with Gasteiger partial charge in [0.25, 0.3) is 0 Å². The molecule has 1 aromatic carbocycles. The van der Waals surface area contributed by atoms with Gasteiger partial charge in [0.05, 0.1) is 13.2 Å². The number of rotatable bonds is 7. The van der Waals surface area contributed by atoms with E-state index in [1.165, 1.54) is 0 Å². The van der Waals surface area contributed by atoms with E-state index in [2.05, 4.69) is 10.6 Å². The predicted molar refractivity (Wildman–Crippen MR) is 72.7 cm³/mol. The fourth-order valence-electron chi connectivity index (χ4n) is 1.69. The van der Waals surface area contributed by atoms with Crippen molar-refractivity contribution in [1.82, 2.24) is 10.6 Å². The third kappa shape index (κ3) is 4.75. The molecule has 18 heavy (non-hydrogen) atoms. The van der Waals surface area contributed by atoms with Gasteiger partial charge in [-0.15, -0.1) is 0 Å². The molecule has 1 amide bonds. The average molecular weight is 250 g/mol. The number of hydrogen-bond donors (Lipinski definition) is 2. The Labute approximate surface area is 109 Å². The molecule has 0 fully saturated rings. The van der Waals surface area contributed by atoms with E-state index in [0.717, 1.165) is 17.9 Å². The molecule has 4 nitrogen and oxygen atoms in total. The van der Waals surface area contributed by atoms with Gasteiger partial charge in [-0.25, -0.2) is 0 Å². The zero-order valence-corrected chi connectivity index (χ0v) is 11.3. The Morgan fingerprint density at radius 3 is 2.89 bits per heavy atom. The van der Waals surface area contributed by atoms with Crippen molar-refractivity contribution >= 4 is 5.91 Å². The van der Waals surface area contributed by atoms with Crippen LogP contribution in [0, 0.1) is 0 Å². The molecule has 0 aromatic heterocycles. The molecule has 0 saturated heterocycles. The molecular formula is C14H22N2O2. The maximum atomic E-state index is 11.7. The Morgan fingerprint density at radius 1 is 1.44 bits per heavy atom. The molecule has 100 valence electrons. The lowest BCUT2D eigenvalue weighted by atomic mass is 10.1. The quantitative estimate of drug-likeness (QED) is 0.726. The Bertz CT molecular complexity index is 380. The monoisotopic (exact) mass is 250 g/mol. The van der Waals surface area contributed by atoms with Crippen molar-refractivity contribution < 1.29 is 9.53 Å². The second kappa shape index (κ2) is 7.71. The minimum atomic E-state index is -0.00535. The van der Waals surface area contributed by atoms with Gasteiger partial charge in [-0.1, -0.05) is 19.1 Å². The van der Waals surface area contributed by atoms with E-state index in [9.17, 15) is 4.79 Å². The first-order valence-electron chi connectivity index (χ1n) is 6.31. The molecular weight excluding hydrogens is 228 g/mol. The van der Waals surface area contributed by atoms with Gasteiger partial charge in [0.2, 0.25) is 5.91 Å². The van der Waals surface area contributed by atoms with E-state index in [1.54, 1.807) is 7.11 Å². The van der Waals surface area contributed by atoms with Crippen LogP contribution >= 0.6 is 0 Å². The highest BCUT2D eigenvalue weighted by Gasteiger charge is 2.09. The first-order valence-corrected chi connectivity index (χ1v) is 6.31. The summed E-state index contributed by atoms with van der Waals surface area (Å²) in [5.74, 6) is 0.868. The summed E-state index contributed by atoms with van der Waals surface area (Å²) in [6.07, 6.45) is 0.502. The van der Waals surface area contributed by atoms with Crippen molar-refractivity contribution in [2.75, 3.05) is 20.2 Å². The number of methoxy groups -OCH3 is 1. The van der Waals surface area contributed by atoms with Crippen molar-refractivity contribution in [3.05, 3.63) is 29.8 Å². The lowest BCUT2D eigenvalue weighted by molar-refractivity contribution is -0.121. The van der Waals surface area contributed by atoms with Crippen molar-refractivity contribution in [3.8, 4) is 5.75 Å². The van der Waals surface area contributed by atoms with Crippen LogP contribution in [0.5, 0.6) is 5.75 Å². The molecule has 0 bridgehead atoms. The number of carbonyl (C=O) groups is 1. The zero-order chi connectivity index (χ0) is 13.4. The molecule has 1 aromatic rings. The van der Waals surface area contributed by atoms with Crippen LogP contribution in [0.4, 0.5) is 0 Å². The fourth-order valence-corrected chi connectivity index (χ4v) is 1.69. The van der Waals surface area contributed by atoms with Gasteiger partial charge in [0, 0.05) is 13.0 Å². The third-order valence-corrected chi connectivity index (χ3v) is 2.75. The summed E-state index contributed by atoms with van der Waals surface area (Å²) in [6.45, 7) is 5.60. The molecule has 1 atom stereocenters. The van der Waals surface area contributed by atoms with Crippen molar-refractivity contribution in [1.29, 1.82) is 0 Å². The van der Waals surface area contributed by atoms with Gasteiger partial charge in [0.15, 0.2) is 0 Å². The van der Waals surface area contributed by atoms with Crippen molar-refractivity contribution in [2.45, 2.75) is 26.3 Å². The van der Waals surface area contributed by atoms with Crippen LogP contribution in [0.25, 0.3) is 0 Å². The highest BCUT2D eigenvalue weighted by molar-refractivity contribution is 5.76.